The van der Waals surface area contributed by atoms with E-state index < -0.39 is 0 Å². The van der Waals surface area contributed by atoms with Crippen molar-refractivity contribution in [2.45, 2.75) is 43.9 Å². The SMILES string of the molecule is [CH]1CCc2ccccc2C1C1CCCc2ccccc21. The van der Waals surface area contributed by atoms with Gasteiger partial charge in [-0.2, -0.15) is 0 Å². The number of hydrogen-bond donors (Lipinski definition) is 0. The van der Waals surface area contributed by atoms with Crippen LogP contribution in [0.3, 0.4) is 0 Å². The summed E-state index contributed by atoms with van der Waals surface area (Å²) in [6, 6.07) is 18.2. The van der Waals surface area contributed by atoms with E-state index in [1.165, 1.54) is 32.1 Å². The van der Waals surface area contributed by atoms with Crippen molar-refractivity contribution < 1.29 is 0 Å². The highest BCUT2D eigenvalue weighted by Crippen LogP contribution is 2.46. The van der Waals surface area contributed by atoms with Gasteiger partial charge in [-0.15, -0.1) is 0 Å². The molecule has 0 fully saturated rings. The topological polar surface area (TPSA) is 0 Å². The van der Waals surface area contributed by atoms with Gasteiger partial charge in [-0.1, -0.05) is 48.5 Å². The van der Waals surface area contributed by atoms with Gasteiger partial charge in [0.25, 0.3) is 0 Å². The third kappa shape index (κ3) is 1.98. The van der Waals surface area contributed by atoms with Crippen molar-refractivity contribution in [3.05, 3.63) is 77.2 Å². The quantitative estimate of drug-likeness (QED) is 0.674. The molecule has 0 heterocycles. The van der Waals surface area contributed by atoms with Crippen LogP contribution in [-0.2, 0) is 12.8 Å². The lowest BCUT2D eigenvalue weighted by atomic mass is 9.68. The van der Waals surface area contributed by atoms with E-state index in [9.17, 15) is 0 Å². The minimum Gasteiger partial charge on any atom is -0.0620 e. The Balaban J connectivity index is 1.77. The fourth-order valence-electron chi connectivity index (χ4n) is 4.18. The lowest BCUT2D eigenvalue weighted by Gasteiger charge is -2.36. The van der Waals surface area contributed by atoms with E-state index in [0.717, 1.165) is 0 Å². The van der Waals surface area contributed by atoms with E-state index in [-0.39, 0.29) is 0 Å². The van der Waals surface area contributed by atoms with Crippen LogP contribution in [0.25, 0.3) is 0 Å². The molecule has 0 nitrogen and oxygen atoms in total. The smallest absolute Gasteiger partial charge is 0.00589 e. The van der Waals surface area contributed by atoms with E-state index in [2.05, 4.69) is 55.0 Å². The van der Waals surface area contributed by atoms with E-state index in [0.29, 0.717) is 11.8 Å². The number of hydrogen-bond acceptors (Lipinski definition) is 0. The van der Waals surface area contributed by atoms with E-state index >= 15 is 0 Å². The Labute approximate surface area is 121 Å². The first-order valence-electron chi connectivity index (χ1n) is 7.92. The molecule has 0 spiro atoms. The lowest BCUT2D eigenvalue weighted by Crippen LogP contribution is -2.21. The van der Waals surface area contributed by atoms with Crippen molar-refractivity contribution in [2.24, 2.45) is 0 Å². The maximum atomic E-state index is 2.58. The van der Waals surface area contributed by atoms with Crippen molar-refractivity contribution in [3.8, 4) is 0 Å². The minimum atomic E-state index is 0.626. The highest BCUT2D eigenvalue weighted by Gasteiger charge is 2.31. The molecule has 2 aliphatic carbocycles. The summed E-state index contributed by atoms with van der Waals surface area (Å²) in [5.41, 5.74) is 6.35. The standard InChI is InChI=1S/C20H21/c1-3-11-17-15(7-1)9-5-13-19(17)20-14-6-10-16-8-2-4-12-18(16)20/h1-4,7-8,11-13,19-20H,5-6,9-10,14H2. The fourth-order valence-corrected chi connectivity index (χ4v) is 4.18. The first-order chi connectivity index (χ1) is 9.93. The maximum Gasteiger partial charge on any atom is -0.00589 e. The van der Waals surface area contributed by atoms with Gasteiger partial charge >= 0.3 is 0 Å². The van der Waals surface area contributed by atoms with E-state index in [1.54, 1.807) is 22.3 Å². The number of aryl methyl sites for hydroxylation is 2. The predicted octanol–water partition coefficient (Wildman–Crippen LogP) is 5.04. The molecule has 0 amide bonds. The molecular weight excluding hydrogens is 240 g/mol. The third-order valence-corrected chi connectivity index (χ3v) is 5.10. The van der Waals surface area contributed by atoms with Crippen molar-refractivity contribution in [3.63, 3.8) is 0 Å². The Kier molecular flexibility index (Phi) is 3.10. The molecule has 2 atom stereocenters. The fraction of sp³-hybridized carbons (Fsp3) is 0.350. The Morgan fingerprint density at radius 3 is 2.30 bits per heavy atom. The number of benzene rings is 2. The lowest BCUT2D eigenvalue weighted by molar-refractivity contribution is 0.477. The van der Waals surface area contributed by atoms with Gasteiger partial charge < -0.3 is 0 Å². The summed E-state index contributed by atoms with van der Waals surface area (Å²) in [6.45, 7) is 0. The summed E-state index contributed by atoms with van der Waals surface area (Å²) in [7, 11) is 0. The van der Waals surface area contributed by atoms with E-state index in [1.807, 2.05) is 0 Å². The number of rotatable bonds is 1. The van der Waals surface area contributed by atoms with Gasteiger partial charge in [0.05, 0.1) is 0 Å². The molecule has 4 rings (SSSR count). The number of fused-ring (bicyclic) bond motifs is 2. The summed E-state index contributed by atoms with van der Waals surface area (Å²) >= 11 is 0. The van der Waals surface area contributed by atoms with Crippen LogP contribution in [0.5, 0.6) is 0 Å². The molecule has 101 valence electrons. The maximum absolute atomic E-state index is 2.58. The van der Waals surface area contributed by atoms with Gasteiger partial charge in [0.15, 0.2) is 0 Å². The van der Waals surface area contributed by atoms with Crippen molar-refractivity contribution in [1.82, 2.24) is 0 Å². The molecular formula is C20H21. The van der Waals surface area contributed by atoms with Crippen LogP contribution in [0.1, 0.15) is 53.4 Å². The zero-order valence-electron chi connectivity index (χ0n) is 11.9. The molecule has 2 unspecified atom stereocenters. The molecule has 0 aromatic heterocycles. The normalized spacial score (nSPS) is 24.8. The van der Waals surface area contributed by atoms with Crippen LogP contribution in [0.4, 0.5) is 0 Å². The molecule has 2 aromatic carbocycles. The van der Waals surface area contributed by atoms with Gasteiger partial charge in [0.2, 0.25) is 0 Å². The van der Waals surface area contributed by atoms with Crippen LogP contribution >= 0.6 is 0 Å². The highest BCUT2D eigenvalue weighted by atomic mass is 14.4. The monoisotopic (exact) mass is 261 g/mol. The molecule has 0 saturated carbocycles. The molecule has 0 N–H and O–H groups in total. The first-order valence-corrected chi connectivity index (χ1v) is 7.92. The van der Waals surface area contributed by atoms with Gasteiger partial charge in [0, 0.05) is 0 Å². The molecule has 1 radical (unpaired) electrons. The van der Waals surface area contributed by atoms with Gasteiger partial charge in [-0.3, -0.25) is 0 Å². The van der Waals surface area contributed by atoms with Crippen LogP contribution < -0.4 is 0 Å². The van der Waals surface area contributed by atoms with Crippen LogP contribution in [-0.4, -0.2) is 0 Å². The van der Waals surface area contributed by atoms with Crippen molar-refractivity contribution in [2.75, 3.05) is 0 Å². The van der Waals surface area contributed by atoms with Crippen LogP contribution in [0.2, 0.25) is 0 Å². The third-order valence-electron chi connectivity index (χ3n) is 5.10. The van der Waals surface area contributed by atoms with Crippen LogP contribution in [0.15, 0.2) is 48.5 Å². The minimum absolute atomic E-state index is 0.626. The molecule has 2 aliphatic rings. The van der Waals surface area contributed by atoms with E-state index in [4.69, 9.17) is 0 Å². The summed E-state index contributed by atoms with van der Waals surface area (Å²) < 4.78 is 0. The van der Waals surface area contributed by atoms with Crippen LogP contribution in [0, 0.1) is 6.42 Å². The summed E-state index contributed by atoms with van der Waals surface area (Å²) in [5, 5.41) is 0. The molecule has 0 aliphatic heterocycles. The van der Waals surface area contributed by atoms with Crippen molar-refractivity contribution in [1.29, 1.82) is 0 Å². The Bertz CT molecular complexity index is 555. The summed E-state index contributed by atoms with van der Waals surface area (Å²) in [6.07, 6.45) is 8.98. The summed E-state index contributed by atoms with van der Waals surface area (Å²) in [5.74, 6) is 1.32. The van der Waals surface area contributed by atoms with Gasteiger partial charge in [-0.25, -0.2) is 0 Å². The second-order valence-corrected chi connectivity index (χ2v) is 6.20. The molecule has 2 aromatic rings. The second-order valence-electron chi connectivity index (χ2n) is 6.20. The Hall–Kier alpha value is -1.56. The van der Waals surface area contributed by atoms with Gasteiger partial charge in [-0.05, 0) is 72.6 Å². The summed E-state index contributed by atoms with van der Waals surface area (Å²) in [4.78, 5) is 0. The molecule has 20 heavy (non-hydrogen) atoms. The molecule has 0 bridgehead atoms. The average molecular weight is 261 g/mol. The predicted molar refractivity (Wildman–Crippen MR) is 83.9 cm³/mol. The first kappa shape index (κ1) is 12.2. The zero-order valence-corrected chi connectivity index (χ0v) is 11.9. The highest BCUT2D eigenvalue weighted by molar-refractivity contribution is 5.42. The molecule has 0 saturated heterocycles. The Morgan fingerprint density at radius 1 is 0.750 bits per heavy atom. The zero-order chi connectivity index (χ0) is 13.4. The molecule has 0 heteroatoms. The second kappa shape index (κ2) is 5.09. The average Bonchev–Trinajstić information content (AvgIpc) is 2.54. The largest absolute Gasteiger partial charge is 0.0620 e. The van der Waals surface area contributed by atoms with Gasteiger partial charge in [0.1, 0.15) is 0 Å². The Morgan fingerprint density at radius 2 is 1.45 bits per heavy atom. The van der Waals surface area contributed by atoms with Crippen molar-refractivity contribution >= 4 is 0 Å².